The number of carbonyl (C=O) groups is 1. The summed E-state index contributed by atoms with van der Waals surface area (Å²) in [5.41, 5.74) is 3.82. The molecule has 0 radical (unpaired) electrons. The Bertz CT molecular complexity index is 795. The lowest BCUT2D eigenvalue weighted by atomic mass is 10.2. The highest BCUT2D eigenvalue weighted by Crippen LogP contribution is 2.24. The lowest BCUT2D eigenvalue weighted by Crippen LogP contribution is -2.49. The lowest BCUT2D eigenvalue weighted by Gasteiger charge is -2.36. The number of amides is 1. The van der Waals surface area contributed by atoms with E-state index in [-0.39, 0.29) is 12.5 Å². The Morgan fingerprint density at radius 2 is 1.80 bits per heavy atom. The molecule has 0 atom stereocenters. The van der Waals surface area contributed by atoms with Gasteiger partial charge in [0.1, 0.15) is 6.54 Å². The Hall–Kier alpha value is -1.72. The van der Waals surface area contributed by atoms with Gasteiger partial charge in [0.15, 0.2) is 0 Å². The molecule has 0 spiro atoms. The SMILES string of the molecule is Cc1cc(N2CCN(C(=O)Cn3nc(C)c(Cl)c3C)CC2)ccc1Cl. The van der Waals surface area contributed by atoms with Gasteiger partial charge < -0.3 is 9.80 Å². The molecule has 0 unspecified atom stereocenters. The normalized spacial score (nSPS) is 14.9. The largest absolute Gasteiger partial charge is 0.368 e. The molecule has 25 heavy (non-hydrogen) atoms. The zero-order valence-corrected chi connectivity index (χ0v) is 16.2. The average Bonchev–Trinajstić information content (AvgIpc) is 2.84. The van der Waals surface area contributed by atoms with Gasteiger partial charge in [0.25, 0.3) is 0 Å². The molecule has 7 heteroatoms. The molecule has 1 aliphatic rings. The molecule has 0 saturated carbocycles. The summed E-state index contributed by atoms with van der Waals surface area (Å²) in [4.78, 5) is 16.7. The Labute approximate surface area is 158 Å². The van der Waals surface area contributed by atoms with Crippen molar-refractivity contribution >= 4 is 34.8 Å². The minimum Gasteiger partial charge on any atom is -0.368 e. The van der Waals surface area contributed by atoms with Gasteiger partial charge >= 0.3 is 0 Å². The zero-order chi connectivity index (χ0) is 18.1. The number of piperazine rings is 1. The van der Waals surface area contributed by atoms with Crippen LogP contribution in [0.1, 0.15) is 17.0 Å². The maximum Gasteiger partial charge on any atom is 0.244 e. The van der Waals surface area contributed by atoms with Crippen LogP contribution in [0.3, 0.4) is 0 Å². The maximum absolute atomic E-state index is 12.6. The number of nitrogens with zero attached hydrogens (tertiary/aromatic N) is 4. The van der Waals surface area contributed by atoms with E-state index < -0.39 is 0 Å². The maximum atomic E-state index is 12.6. The van der Waals surface area contributed by atoms with Crippen LogP contribution < -0.4 is 4.90 Å². The topological polar surface area (TPSA) is 41.4 Å². The molecule has 134 valence electrons. The van der Waals surface area contributed by atoms with Crippen LogP contribution in [-0.2, 0) is 11.3 Å². The number of hydrogen-bond acceptors (Lipinski definition) is 3. The number of aryl methyl sites for hydroxylation is 2. The zero-order valence-electron chi connectivity index (χ0n) is 14.7. The van der Waals surface area contributed by atoms with E-state index in [4.69, 9.17) is 23.2 Å². The van der Waals surface area contributed by atoms with E-state index in [0.717, 1.165) is 40.8 Å². The fourth-order valence-electron chi connectivity index (χ4n) is 3.10. The summed E-state index contributed by atoms with van der Waals surface area (Å²) in [5.74, 6) is 0.0780. The van der Waals surface area contributed by atoms with Gasteiger partial charge in [-0.05, 0) is 44.5 Å². The van der Waals surface area contributed by atoms with E-state index in [1.807, 2.05) is 37.8 Å². The number of carbonyl (C=O) groups excluding carboxylic acids is 1. The molecule has 2 heterocycles. The van der Waals surface area contributed by atoms with Gasteiger partial charge in [0.05, 0.1) is 16.4 Å². The van der Waals surface area contributed by atoms with Crippen molar-refractivity contribution in [2.24, 2.45) is 0 Å². The molecule has 1 amide bonds. The second-order valence-corrected chi connectivity index (χ2v) is 7.23. The fourth-order valence-corrected chi connectivity index (χ4v) is 3.35. The number of rotatable bonds is 3. The molecule has 5 nitrogen and oxygen atoms in total. The fraction of sp³-hybridized carbons (Fsp3) is 0.444. The van der Waals surface area contributed by atoms with Crippen molar-refractivity contribution in [2.45, 2.75) is 27.3 Å². The predicted molar refractivity (Wildman–Crippen MR) is 102 cm³/mol. The van der Waals surface area contributed by atoms with Crippen molar-refractivity contribution in [2.75, 3.05) is 31.1 Å². The van der Waals surface area contributed by atoms with Crippen LogP contribution >= 0.6 is 23.2 Å². The van der Waals surface area contributed by atoms with Gasteiger partial charge in [-0.25, -0.2) is 0 Å². The van der Waals surface area contributed by atoms with E-state index >= 15 is 0 Å². The van der Waals surface area contributed by atoms with Crippen LogP contribution in [0.5, 0.6) is 0 Å². The van der Waals surface area contributed by atoms with Crippen LogP contribution in [-0.4, -0.2) is 46.8 Å². The minimum absolute atomic E-state index is 0.0780. The summed E-state index contributed by atoms with van der Waals surface area (Å²) in [6.07, 6.45) is 0. The highest BCUT2D eigenvalue weighted by atomic mass is 35.5. The summed E-state index contributed by atoms with van der Waals surface area (Å²) in [6, 6.07) is 6.05. The standard InChI is InChI=1S/C18H22Cl2N4O/c1-12-10-15(4-5-16(12)19)22-6-8-23(9-7-22)17(25)11-24-14(3)18(20)13(2)21-24/h4-5,10H,6-9,11H2,1-3H3. The van der Waals surface area contributed by atoms with Crippen molar-refractivity contribution in [3.8, 4) is 0 Å². The first-order valence-corrected chi connectivity index (χ1v) is 9.11. The van der Waals surface area contributed by atoms with E-state index in [1.54, 1.807) is 4.68 Å². The van der Waals surface area contributed by atoms with Crippen molar-refractivity contribution < 1.29 is 4.79 Å². The van der Waals surface area contributed by atoms with Crippen molar-refractivity contribution in [1.82, 2.24) is 14.7 Å². The van der Waals surface area contributed by atoms with Gasteiger partial charge in [0.2, 0.25) is 5.91 Å². The number of halogens is 2. The molecular formula is C18H22Cl2N4O. The van der Waals surface area contributed by atoms with Crippen LogP contribution in [0, 0.1) is 20.8 Å². The van der Waals surface area contributed by atoms with Crippen molar-refractivity contribution in [1.29, 1.82) is 0 Å². The quantitative estimate of drug-likeness (QED) is 0.818. The smallest absolute Gasteiger partial charge is 0.244 e. The molecular weight excluding hydrogens is 359 g/mol. The van der Waals surface area contributed by atoms with E-state index in [0.29, 0.717) is 18.1 Å². The molecule has 0 N–H and O–H groups in total. The third-order valence-electron chi connectivity index (χ3n) is 4.72. The summed E-state index contributed by atoms with van der Waals surface area (Å²) in [5, 5.41) is 5.75. The summed E-state index contributed by atoms with van der Waals surface area (Å²) in [6.45, 7) is 9.00. The Kier molecular flexibility index (Phi) is 5.25. The molecule has 0 bridgehead atoms. The van der Waals surface area contributed by atoms with Crippen molar-refractivity contribution in [3.05, 3.63) is 45.2 Å². The monoisotopic (exact) mass is 380 g/mol. The van der Waals surface area contributed by atoms with Gasteiger partial charge in [0, 0.05) is 36.9 Å². The third-order valence-corrected chi connectivity index (χ3v) is 5.69. The van der Waals surface area contributed by atoms with Crippen LogP contribution in [0.15, 0.2) is 18.2 Å². The molecule has 2 aromatic rings. The van der Waals surface area contributed by atoms with E-state index in [1.165, 1.54) is 0 Å². The molecule has 3 rings (SSSR count). The Morgan fingerprint density at radius 1 is 1.12 bits per heavy atom. The number of anilines is 1. The lowest BCUT2D eigenvalue weighted by molar-refractivity contribution is -0.132. The predicted octanol–water partition coefficient (Wildman–Crippen LogP) is 3.46. The van der Waals surface area contributed by atoms with Gasteiger partial charge in [-0.3, -0.25) is 9.48 Å². The van der Waals surface area contributed by atoms with Gasteiger partial charge in [-0.2, -0.15) is 5.10 Å². The summed E-state index contributed by atoms with van der Waals surface area (Å²) < 4.78 is 1.69. The third kappa shape index (κ3) is 3.77. The number of aromatic nitrogens is 2. The summed E-state index contributed by atoms with van der Waals surface area (Å²) in [7, 11) is 0. The highest BCUT2D eigenvalue weighted by molar-refractivity contribution is 6.32. The molecule has 1 aromatic carbocycles. The Balaban J connectivity index is 1.60. The summed E-state index contributed by atoms with van der Waals surface area (Å²) >= 11 is 12.3. The van der Waals surface area contributed by atoms with Crippen molar-refractivity contribution in [3.63, 3.8) is 0 Å². The average molecular weight is 381 g/mol. The first-order chi connectivity index (χ1) is 11.9. The highest BCUT2D eigenvalue weighted by Gasteiger charge is 2.23. The second-order valence-electron chi connectivity index (χ2n) is 6.44. The molecule has 1 aliphatic heterocycles. The number of benzene rings is 1. The first-order valence-electron chi connectivity index (χ1n) is 8.35. The van der Waals surface area contributed by atoms with Gasteiger partial charge in [-0.15, -0.1) is 0 Å². The molecule has 1 saturated heterocycles. The Morgan fingerprint density at radius 3 is 2.36 bits per heavy atom. The molecule has 1 aromatic heterocycles. The first kappa shape index (κ1) is 18.1. The van der Waals surface area contributed by atoms with E-state index in [2.05, 4.69) is 16.1 Å². The second kappa shape index (κ2) is 7.26. The molecule has 0 aliphatic carbocycles. The van der Waals surface area contributed by atoms with Crippen LogP contribution in [0.25, 0.3) is 0 Å². The van der Waals surface area contributed by atoms with Gasteiger partial charge in [-0.1, -0.05) is 23.2 Å². The minimum atomic E-state index is 0.0780. The molecule has 1 fully saturated rings. The van der Waals surface area contributed by atoms with E-state index in [9.17, 15) is 4.79 Å². The van der Waals surface area contributed by atoms with Crippen LogP contribution in [0.2, 0.25) is 10.0 Å². The number of hydrogen-bond donors (Lipinski definition) is 0. The van der Waals surface area contributed by atoms with Crippen LogP contribution in [0.4, 0.5) is 5.69 Å².